The summed E-state index contributed by atoms with van der Waals surface area (Å²) in [5.41, 5.74) is 0. The third kappa shape index (κ3) is 1.90. The molecule has 0 aromatic heterocycles. The summed E-state index contributed by atoms with van der Waals surface area (Å²) in [6.45, 7) is -0.132. The van der Waals surface area contributed by atoms with Crippen LogP contribution in [0.1, 0.15) is 6.42 Å². The van der Waals surface area contributed by atoms with Gasteiger partial charge in [-0.05, 0) is 17.2 Å². The van der Waals surface area contributed by atoms with E-state index in [4.69, 9.17) is 10.2 Å². The lowest BCUT2D eigenvalue weighted by Crippen LogP contribution is -2.16. The topological polar surface area (TPSA) is 40.5 Å². The summed E-state index contributed by atoms with van der Waals surface area (Å²) >= 11 is 0. The Bertz CT molecular complexity index is 151. The molecule has 1 heterocycles. The maximum atomic E-state index is 8.88. The molecule has 0 saturated carbocycles. The van der Waals surface area contributed by atoms with Gasteiger partial charge in [-0.1, -0.05) is 8.20 Å². The summed E-state index contributed by atoms with van der Waals surface area (Å²) in [7, 11) is 1.19. The number of hydrogen-bond acceptors (Lipinski definition) is 2. The molecular weight excluding hydrogens is 135 g/mol. The zero-order valence-corrected chi connectivity index (χ0v) is 5.88. The molecule has 1 aliphatic heterocycles. The molecule has 9 heavy (non-hydrogen) atoms. The second-order valence-corrected chi connectivity index (χ2v) is 3.11. The SMILES string of the molecule is OCC(O)CC1=PC=C1. The van der Waals surface area contributed by atoms with Gasteiger partial charge in [0.25, 0.3) is 0 Å². The Morgan fingerprint density at radius 1 is 1.67 bits per heavy atom. The number of hydrogen-bond donors (Lipinski definition) is 2. The molecule has 0 aromatic carbocycles. The van der Waals surface area contributed by atoms with E-state index in [-0.39, 0.29) is 6.61 Å². The lowest BCUT2D eigenvalue weighted by atomic mass is 10.2. The highest BCUT2D eigenvalue weighted by Crippen LogP contribution is 2.17. The predicted octanol–water partition coefficient (Wildman–Crippen LogP) is 0.376. The summed E-state index contributed by atoms with van der Waals surface area (Å²) in [6.07, 6.45) is 2.03. The van der Waals surface area contributed by atoms with Crippen molar-refractivity contribution in [2.45, 2.75) is 12.5 Å². The Hall–Kier alpha value is -0.170. The molecule has 0 aromatic rings. The first-order valence-electron chi connectivity index (χ1n) is 2.85. The Morgan fingerprint density at radius 2 is 2.33 bits per heavy atom. The van der Waals surface area contributed by atoms with E-state index in [1.807, 2.05) is 11.9 Å². The minimum absolute atomic E-state index is 0.132. The predicted molar refractivity (Wildman–Crippen MR) is 38.8 cm³/mol. The van der Waals surface area contributed by atoms with Crippen LogP contribution in [0.3, 0.4) is 0 Å². The second kappa shape index (κ2) is 3.11. The van der Waals surface area contributed by atoms with Crippen LogP contribution in [0.2, 0.25) is 0 Å². The molecule has 1 aliphatic rings. The first-order chi connectivity index (χ1) is 4.33. The largest absolute Gasteiger partial charge is 0.394 e. The molecule has 0 radical (unpaired) electrons. The van der Waals surface area contributed by atoms with Crippen LogP contribution in [0.4, 0.5) is 0 Å². The standard InChI is InChI=1S/C6H9O2P/c7-4-5(8)3-6-1-2-9-6/h1-2,5,7-8H,3-4H2. The molecule has 2 N–H and O–H groups in total. The fourth-order valence-corrected chi connectivity index (χ4v) is 1.28. The van der Waals surface area contributed by atoms with E-state index in [0.29, 0.717) is 6.42 Å². The average molecular weight is 144 g/mol. The number of allylic oxidation sites excluding steroid dienone is 1. The third-order valence-corrected chi connectivity index (χ3v) is 2.12. The van der Waals surface area contributed by atoms with Crippen molar-refractivity contribution in [1.82, 2.24) is 0 Å². The van der Waals surface area contributed by atoms with Crippen molar-refractivity contribution in [3.63, 3.8) is 0 Å². The van der Waals surface area contributed by atoms with E-state index >= 15 is 0 Å². The van der Waals surface area contributed by atoms with Gasteiger partial charge in [0.1, 0.15) is 0 Å². The van der Waals surface area contributed by atoms with Gasteiger partial charge in [0.05, 0.1) is 12.7 Å². The molecule has 2 nitrogen and oxygen atoms in total. The van der Waals surface area contributed by atoms with Crippen molar-refractivity contribution in [1.29, 1.82) is 0 Å². The molecule has 50 valence electrons. The molecule has 0 fully saturated rings. The molecule has 0 bridgehead atoms. The second-order valence-electron chi connectivity index (χ2n) is 1.98. The van der Waals surface area contributed by atoms with Gasteiger partial charge in [0.15, 0.2) is 0 Å². The normalized spacial score (nSPS) is 20.4. The monoisotopic (exact) mass is 144 g/mol. The highest BCUT2D eigenvalue weighted by Gasteiger charge is 2.06. The third-order valence-electron chi connectivity index (χ3n) is 1.16. The lowest BCUT2D eigenvalue weighted by Gasteiger charge is -2.09. The Balaban J connectivity index is 2.17. The van der Waals surface area contributed by atoms with E-state index in [0.717, 1.165) is 0 Å². The van der Waals surface area contributed by atoms with Crippen molar-refractivity contribution in [2.24, 2.45) is 0 Å². The molecule has 3 heteroatoms. The van der Waals surface area contributed by atoms with Crippen LogP contribution >= 0.6 is 8.20 Å². The molecule has 1 rings (SSSR count). The van der Waals surface area contributed by atoms with Crippen molar-refractivity contribution in [2.75, 3.05) is 6.61 Å². The maximum Gasteiger partial charge on any atom is 0.0814 e. The molecule has 1 atom stereocenters. The van der Waals surface area contributed by atoms with Crippen LogP contribution in [0.25, 0.3) is 0 Å². The zero-order chi connectivity index (χ0) is 6.69. The van der Waals surface area contributed by atoms with Gasteiger partial charge in [-0.3, -0.25) is 0 Å². The van der Waals surface area contributed by atoms with Crippen LogP contribution in [-0.2, 0) is 0 Å². The average Bonchev–Trinajstić information content (AvgIpc) is 1.78. The minimum Gasteiger partial charge on any atom is -0.394 e. The molecule has 0 saturated heterocycles. The molecule has 0 amide bonds. The van der Waals surface area contributed by atoms with E-state index in [9.17, 15) is 0 Å². The van der Waals surface area contributed by atoms with E-state index in [1.54, 1.807) is 0 Å². The Morgan fingerprint density at radius 3 is 2.67 bits per heavy atom. The van der Waals surface area contributed by atoms with Crippen molar-refractivity contribution >= 4 is 13.5 Å². The molecule has 0 aliphatic carbocycles. The molecule has 1 unspecified atom stereocenters. The van der Waals surface area contributed by atoms with Gasteiger partial charge in [0.2, 0.25) is 0 Å². The highest BCUT2D eigenvalue weighted by molar-refractivity contribution is 7.47. The van der Waals surface area contributed by atoms with Crippen molar-refractivity contribution < 1.29 is 10.2 Å². The summed E-state index contributed by atoms with van der Waals surface area (Å²) in [5.74, 6) is 2.01. The smallest absolute Gasteiger partial charge is 0.0814 e. The van der Waals surface area contributed by atoms with Crippen LogP contribution in [0.5, 0.6) is 0 Å². The Labute approximate surface area is 55.6 Å². The summed E-state index contributed by atoms with van der Waals surface area (Å²) in [5, 5.41) is 18.5. The van der Waals surface area contributed by atoms with Gasteiger partial charge in [-0.2, -0.15) is 0 Å². The quantitative estimate of drug-likeness (QED) is 0.562. The summed E-state index contributed by atoms with van der Waals surface area (Å²) in [6, 6.07) is 0. The van der Waals surface area contributed by atoms with Crippen LogP contribution in [0, 0.1) is 0 Å². The maximum absolute atomic E-state index is 8.88. The van der Waals surface area contributed by atoms with Gasteiger partial charge in [-0.15, -0.1) is 0 Å². The van der Waals surface area contributed by atoms with Gasteiger partial charge in [-0.25, -0.2) is 0 Å². The van der Waals surface area contributed by atoms with E-state index in [1.165, 1.54) is 13.5 Å². The van der Waals surface area contributed by atoms with Gasteiger partial charge >= 0.3 is 0 Å². The van der Waals surface area contributed by atoms with Crippen molar-refractivity contribution in [3.8, 4) is 0 Å². The fraction of sp³-hybridized carbons (Fsp3) is 0.500. The first kappa shape index (κ1) is 6.94. The van der Waals surface area contributed by atoms with E-state index < -0.39 is 6.10 Å². The van der Waals surface area contributed by atoms with E-state index in [2.05, 4.69) is 0 Å². The van der Waals surface area contributed by atoms with Crippen molar-refractivity contribution in [3.05, 3.63) is 11.9 Å². The van der Waals surface area contributed by atoms with Crippen LogP contribution in [0.15, 0.2) is 11.9 Å². The lowest BCUT2D eigenvalue weighted by molar-refractivity contribution is 0.101. The number of rotatable bonds is 3. The summed E-state index contributed by atoms with van der Waals surface area (Å²) < 4.78 is 0. The van der Waals surface area contributed by atoms with Crippen LogP contribution in [-0.4, -0.2) is 28.2 Å². The fourth-order valence-electron chi connectivity index (χ4n) is 0.607. The van der Waals surface area contributed by atoms with Crippen LogP contribution < -0.4 is 0 Å². The first-order valence-corrected chi connectivity index (χ1v) is 3.81. The number of aliphatic hydroxyl groups excluding tert-OH is 2. The number of aliphatic hydroxyl groups is 2. The van der Waals surface area contributed by atoms with Gasteiger partial charge < -0.3 is 10.2 Å². The summed E-state index contributed by atoms with van der Waals surface area (Å²) in [4.78, 5) is 0. The Kier molecular flexibility index (Phi) is 2.40. The van der Waals surface area contributed by atoms with Gasteiger partial charge in [0, 0.05) is 6.42 Å². The minimum atomic E-state index is -0.558. The molecular formula is C6H9O2P. The highest BCUT2D eigenvalue weighted by atomic mass is 31.1. The molecule has 0 spiro atoms. The zero-order valence-electron chi connectivity index (χ0n) is 4.99.